The van der Waals surface area contributed by atoms with Gasteiger partial charge < -0.3 is 10.4 Å². The van der Waals surface area contributed by atoms with Crippen LogP contribution in [0.25, 0.3) is 10.6 Å². The molecule has 0 radical (unpaired) electrons. The third-order valence-electron chi connectivity index (χ3n) is 1.91. The van der Waals surface area contributed by atoms with Gasteiger partial charge in [-0.15, -0.1) is 21.5 Å². The Balaban J connectivity index is 2.10. The molecule has 0 amide bonds. The summed E-state index contributed by atoms with van der Waals surface area (Å²) in [5.41, 5.74) is 0.765. The van der Waals surface area contributed by atoms with Crippen LogP contribution in [0.3, 0.4) is 0 Å². The van der Waals surface area contributed by atoms with Crippen LogP contribution < -0.4 is 5.32 Å². The zero-order valence-corrected chi connectivity index (χ0v) is 11.0. The number of anilines is 1. The van der Waals surface area contributed by atoms with Gasteiger partial charge in [-0.1, -0.05) is 0 Å². The van der Waals surface area contributed by atoms with Crippen LogP contribution in [0.2, 0.25) is 0 Å². The number of thiophene rings is 1. The first-order valence-corrected chi connectivity index (χ1v) is 6.31. The molecular formula is C10H8BrN3O2S. The molecule has 2 N–H and O–H groups in total. The van der Waals surface area contributed by atoms with Gasteiger partial charge >= 0.3 is 5.97 Å². The number of carbonyl (C=O) groups is 1. The molecule has 17 heavy (non-hydrogen) atoms. The number of carboxylic acids is 1. The van der Waals surface area contributed by atoms with Crippen LogP contribution in [0.15, 0.2) is 28.1 Å². The minimum atomic E-state index is -0.932. The molecule has 2 rings (SSSR count). The first kappa shape index (κ1) is 12.0. The molecule has 0 unspecified atom stereocenters. The lowest BCUT2D eigenvalue weighted by atomic mass is 10.3. The Morgan fingerprint density at radius 2 is 2.18 bits per heavy atom. The third kappa shape index (κ3) is 3.24. The predicted molar refractivity (Wildman–Crippen MR) is 69.2 cm³/mol. The average Bonchev–Trinajstić information content (AvgIpc) is 2.74. The van der Waals surface area contributed by atoms with Gasteiger partial charge in [-0.2, -0.15) is 0 Å². The molecule has 0 saturated carbocycles. The van der Waals surface area contributed by atoms with Gasteiger partial charge in [-0.3, -0.25) is 4.79 Å². The highest BCUT2D eigenvalue weighted by Gasteiger charge is 2.04. The lowest BCUT2D eigenvalue weighted by Gasteiger charge is -2.01. The number of aliphatic carboxylic acids is 1. The number of rotatable bonds is 4. The molecular weight excluding hydrogens is 306 g/mol. The average molecular weight is 314 g/mol. The summed E-state index contributed by atoms with van der Waals surface area (Å²) < 4.78 is 1.03. The quantitative estimate of drug-likeness (QED) is 0.907. The minimum Gasteiger partial charge on any atom is -0.480 e. The van der Waals surface area contributed by atoms with Crippen molar-refractivity contribution in [3.63, 3.8) is 0 Å². The molecule has 0 aliphatic heterocycles. The Morgan fingerprint density at radius 3 is 2.71 bits per heavy atom. The van der Waals surface area contributed by atoms with Crippen molar-refractivity contribution < 1.29 is 9.90 Å². The largest absolute Gasteiger partial charge is 0.480 e. The van der Waals surface area contributed by atoms with Crippen LogP contribution in [0.5, 0.6) is 0 Å². The van der Waals surface area contributed by atoms with Crippen molar-refractivity contribution >= 4 is 39.1 Å². The van der Waals surface area contributed by atoms with E-state index in [1.54, 1.807) is 23.5 Å². The van der Waals surface area contributed by atoms with E-state index in [1.165, 1.54) is 0 Å². The van der Waals surface area contributed by atoms with Crippen molar-refractivity contribution in [2.75, 3.05) is 11.9 Å². The fourth-order valence-corrected chi connectivity index (χ4v) is 2.53. The zero-order chi connectivity index (χ0) is 12.3. The number of hydrogen-bond acceptors (Lipinski definition) is 5. The summed E-state index contributed by atoms with van der Waals surface area (Å²) in [7, 11) is 0. The number of hydrogen-bond donors (Lipinski definition) is 2. The van der Waals surface area contributed by atoms with E-state index in [2.05, 4.69) is 31.4 Å². The van der Waals surface area contributed by atoms with E-state index in [9.17, 15) is 4.79 Å². The van der Waals surface area contributed by atoms with E-state index in [-0.39, 0.29) is 6.54 Å². The third-order valence-corrected chi connectivity index (χ3v) is 3.56. The van der Waals surface area contributed by atoms with Crippen LogP contribution in [0.4, 0.5) is 5.82 Å². The van der Waals surface area contributed by atoms with Crippen LogP contribution in [0, 0.1) is 0 Å². The maximum atomic E-state index is 10.3. The van der Waals surface area contributed by atoms with Gasteiger partial charge in [0.1, 0.15) is 18.1 Å². The number of nitrogens with zero attached hydrogens (tertiary/aromatic N) is 2. The number of halogens is 1. The lowest BCUT2D eigenvalue weighted by Crippen LogP contribution is -2.13. The van der Waals surface area contributed by atoms with E-state index in [1.807, 2.05) is 12.1 Å². The second-order valence-corrected chi connectivity index (χ2v) is 5.62. The maximum Gasteiger partial charge on any atom is 0.322 e. The molecule has 0 aliphatic rings. The zero-order valence-electron chi connectivity index (χ0n) is 8.55. The van der Waals surface area contributed by atoms with Crippen LogP contribution in [0.1, 0.15) is 0 Å². The highest BCUT2D eigenvalue weighted by molar-refractivity contribution is 9.11. The van der Waals surface area contributed by atoms with Crippen molar-refractivity contribution in [3.8, 4) is 10.6 Å². The lowest BCUT2D eigenvalue weighted by molar-refractivity contribution is -0.134. The Kier molecular flexibility index (Phi) is 3.70. The monoisotopic (exact) mass is 313 g/mol. The Morgan fingerprint density at radius 1 is 1.35 bits per heavy atom. The summed E-state index contributed by atoms with van der Waals surface area (Å²) in [5.74, 6) is -0.482. The molecule has 2 aromatic heterocycles. The fraction of sp³-hybridized carbons (Fsp3) is 0.100. The molecule has 0 spiro atoms. The van der Waals surface area contributed by atoms with Crippen LogP contribution in [-0.4, -0.2) is 27.8 Å². The van der Waals surface area contributed by atoms with E-state index in [4.69, 9.17) is 5.11 Å². The Labute approximate surface area is 110 Å². The van der Waals surface area contributed by atoms with Gasteiger partial charge in [0.25, 0.3) is 0 Å². The molecule has 2 aromatic rings. The molecule has 0 saturated heterocycles. The molecule has 5 nitrogen and oxygen atoms in total. The molecule has 0 aliphatic carbocycles. The van der Waals surface area contributed by atoms with E-state index in [0.29, 0.717) is 5.82 Å². The van der Waals surface area contributed by atoms with Gasteiger partial charge in [-0.25, -0.2) is 0 Å². The predicted octanol–water partition coefficient (Wildman–Crippen LogP) is 2.46. The number of aromatic nitrogens is 2. The van der Waals surface area contributed by atoms with Crippen molar-refractivity contribution in [2.45, 2.75) is 0 Å². The van der Waals surface area contributed by atoms with Crippen molar-refractivity contribution in [1.82, 2.24) is 10.2 Å². The number of nitrogens with one attached hydrogen (secondary N) is 1. The molecule has 0 atom stereocenters. The second-order valence-electron chi connectivity index (χ2n) is 3.15. The SMILES string of the molecule is O=C(O)CNc1ccc(-c2ccc(Br)s2)nn1. The number of carboxylic acid groups (broad SMARTS) is 1. The second kappa shape index (κ2) is 5.24. The van der Waals surface area contributed by atoms with E-state index >= 15 is 0 Å². The summed E-state index contributed by atoms with van der Waals surface area (Å²) in [5, 5.41) is 19.1. The van der Waals surface area contributed by atoms with Gasteiger partial charge in [0.15, 0.2) is 0 Å². The molecule has 88 valence electrons. The molecule has 0 fully saturated rings. The maximum absolute atomic E-state index is 10.3. The van der Waals surface area contributed by atoms with E-state index in [0.717, 1.165) is 14.4 Å². The van der Waals surface area contributed by atoms with E-state index < -0.39 is 5.97 Å². The first-order valence-electron chi connectivity index (χ1n) is 4.70. The van der Waals surface area contributed by atoms with Gasteiger partial charge in [-0.05, 0) is 40.2 Å². The summed E-state index contributed by atoms with van der Waals surface area (Å²) in [4.78, 5) is 11.4. The van der Waals surface area contributed by atoms with Gasteiger partial charge in [0, 0.05) is 0 Å². The first-order chi connectivity index (χ1) is 8.15. The topological polar surface area (TPSA) is 75.1 Å². The summed E-state index contributed by atoms with van der Waals surface area (Å²) in [6.07, 6.45) is 0. The summed E-state index contributed by atoms with van der Waals surface area (Å²) in [6, 6.07) is 7.40. The van der Waals surface area contributed by atoms with Crippen molar-refractivity contribution in [2.24, 2.45) is 0 Å². The molecule has 0 aromatic carbocycles. The van der Waals surface area contributed by atoms with Crippen molar-refractivity contribution in [3.05, 3.63) is 28.1 Å². The Bertz CT molecular complexity index is 527. The molecule has 7 heteroatoms. The highest BCUT2D eigenvalue weighted by atomic mass is 79.9. The summed E-state index contributed by atoms with van der Waals surface area (Å²) in [6.45, 7) is -0.168. The smallest absolute Gasteiger partial charge is 0.322 e. The van der Waals surface area contributed by atoms with Crippen molar-refractivity contribution in [1.29, 1.82) is 0 Å². The van der Waals surface area contributed by atoms with Crippen LogP contribution >= 0.6 is 27.3 Å². The van der Waals surface area contributed by atoms with Crippen LogP contribution in [-0.2, 0) is 4.79 Å². The highest BCUT2D eigenvalue weighted by Crippen LogP contribution is 2.29. The molecule has 2 heterocycles. The summed E-state index contributed by atoms with van der Waals surface area (Å²) >= 11 is 4.94. The fourth-order valence-electron chi connectivity index (χ4n) is 1.18. The Hall–Kier alpha value is -1.47. The van der Waals surface area contributed by atoms with Gasteiger partial charge in [0.05, 0.1) is 8.66 Å². The normalized spacial score (nSPS) is 10.2. The van der Waals surface area contributed by atoms with Gasteiger partial charge in [0.2, 0.25) is 0 Å². The minimum absolute atomic E-state index is 0.168. The molecule has 0 bridgehead atoms. The standard InChI is InChI=1S/C10H8BrN3O2S/c11-8-3-2-7(17-8)6-1-4-9(14-13-6)12-5-10(15)16/h1-4H,5H2,(H,12,14)(H,15,16).